The monoisotopic (exact) mass is 280 g/mol. The van der Waals surface area contributed by atoms with Gasteiger partial charge < -0.3 is 0 Å². The van der Waals surface area contributed by atoms with E-state index in [1.165, 1.54) is 41.9 Å². The molecule has 1 aromatic carbocycles. The normalized spacial score (nSPS) is 18.4. The van der Waals surface area contributed by atoms with Crippen LogP contribution in [0, 0.1) is 5.41 Å². The van der Waals surface area contributed by atoms with Crippen LogP contribution in [-0.4, -0.2) is 11.5 Å². The third kappa shape index (κ3) is 3.48. The standard InChI is InChI=1S/C16H24S2/c1-13(2)14-5-7-15(8-6-14)18-12-16(11-17)9-3-4-10-16/h5-8,13,17H,3-4,9-12H2,1-2H3. The van der Waals surface area contributed by atoms with E-state index in [4.69, 9.17) is 0 Å². The summed E-state index contributed by atoms with van der Waals surface area (Å²) in [5, 5.41) is 0. The highest BCUT2D eigenvalue weighted by Crippen LogP contribution is 2.43. The predicted octanol–water partition coefficient (Wildman–Crippen LogP) is 5.39. The van der Waals surface area contributed by atoms with Crippen LogP contribution in [0.1, 0.15) is 51.0 Å². The van der Waals surface area contributed by atoms with Gasteiger partial charge in [-0.25, -0.2) is 0 Å². The molecule has 1 aliphatic rings. The Morgan fingerprint density at radius 1 is 1.17 bits per heavy atom. The molecule has 1 fully saturated rings. The van der Waals surface area contributed by atoms with E-state index in [9.17, 15) is 0 Å². The van der Waals surface area contributed by atoms with Crippen molar-refractivity contribution in [3.05, 3.63) is 29.8 Å². The summed E-state index contributed by atoms with van der Waals surface area (Å²) in [4.78, 5) is 1.41. The number of hydrogen-bond donors (Lipinski definition) is 1. The summed E-state index contributed by atoms with van der Waals surface area (Å²) in [6.07, 6.45) is 5.53. The minimum Gasteiger partial charge on any atom is -0.179 e. The first-order valence-corrected chi connectivity index (χ1v) is 8.61. The van der Waals surface area contributed by atoms with Crippen molar-refractivity contribution in [2.45, 2.75) is 50.3 Å². The first kappa shape index (κ1) is 14.3. The molecule has 2 rings (SSSR count). The lowest BCUT2D eigenvalue weighted by molar-refractivity contribution is 0.403. The van der Waals surface area contributed by atoms with Crippen LogP contribution in [0.25, 0.3) is 0 Å². The second-order valence-electron chi connectivity index (χ2n) is 5.88. The van der Waals surface area contributed by atoms with Crippen LogP contribution in [0.3, 0.4) is 0 Å². The fourth-order valence-corrected chi connectivity index (χ4v) is 4.43. The molecule has 0 bridgehead atoms. The molecule has 1 aromatic rings. The zero-order valence-electron chi connectivity index (χ0n) is 11.5. The maximum atomic E-state index is 4.58. The van der Waals surface area contributed by atoms with Gasteiger partial charge in [0.2, 0.25) is 0 Å². The van der Waals surface area contributed by atoms with Gasteiger partial charge in [-0.15, -0.1) is 11.8 Å². The topological polar surface area (TPSA) is 0 Å². The highest BCUT2D eigenvalue weighted by Gasteiger charge is 2.32. The Balaban J connectivity index is 1.93. The van der Waals surface area contributed by atoms with Crippen molar-refractivity contribution >= 4 is 24.4 Å². The molecule has 18 heavy (non-hydrogen) atoms. The molecule has 0 amide bonds. The smallest absolute Gasteiger partial charge is 0.00723 e. The molecule has 0 radical (unpaired) electrons. The second kappa shape index (κ2) is 6.38. The summed E-state index contributed by atoms with van der Waals surface area (Å²) < 4.78 is 0. The summed E-state index contributed by atoms with van der Waals surface area (Å²) in [5.41, 5.74) is 1.94. The van der Waals surface area contributed by atoms with E-state index in [0.717, 1.165) is 5.75 Å². The minimum absolute atomic E-state index is 0.504. The summed E-state index contributed by atoms with van der Waals surface area (Å²) in [7, 11) is 0. The molecule has 0 aliphatic heterocycles. The maximum Gasteiger partial charge on any atom is 0.00723 e. The first-order valence-electron chi connectivity index (χ1n) is 6.99. The number of rotatable bonds is 5. The van der Waals surface area contributed by atoms with Gasteiger partial charge in [-0.2, -0.15) is 12.6 Å². The van der Waals surface area contributed by atoms with Crippen molar-refractivity contribution in [3.8, 4) is 0 Å². The van der Waals surface area contributed by atoms with Crippen molar-refractivity contribution < 1.29 is 0 Å². The molecular weight excluding hydrogens is 256 g/mol. The van der Waals surface area contributed by atoms with Gasteiger partial charge in [-0.3, -0.25) is 0 Å². The van der Waals surface area contributed by atoms with E-state index in [-0.39, 0.29) is 0 Å². The van der Waals surface area contributed by atoms with E-state index in [1.807, 2.05) is 11.8 Å². The summed E-state index contributed by atoms with van der Waals surface area (Å²) in [5.74, 6) is 2.91. The summed E-state index contributed by atoms with van der Waals surface area (Å²) in [6.45, 7) is 4.49. The fraction of sp³-hybridized carbons (Fsp3) is 0.625. The SMILES string of the molecule is CC(C)c1ccc(SCC2(CS)CCCC2)cc1. The van der Waals surface area contributed by atoms with Crippen LogP contribution < -0.4 is 0 Å². The van der Waals surface area contributed by atoms with Gasteiger partial charge in [0.25, 0.3) is 0 Å². The molecule has 0 saturated heterocycles. The lowest BCUT2D eigenvalue weighted by Gasteiger charge is -2.26. The van der Waals surface area contributed by atoms with E-state index < -0.39 is 0 Å². The Morgan fingerprint density at radius 2 is 1.78 bits per heavy atom. The van der Waals surface area contributed by atoms with Gasteiger partial charge in [0.1, 0.15) is 0 Å². The zero-order chi connectivity index (χ0) is 13.0. The largest absolute Gasteiger partial charge is 0.179 e. The summed E-state index contributed by atoms with van der Waals surface area (Å²) in [6, 6.07) is 9.10. The Morgan fingerprint density at radius 3 is 2.28 bits per heavy atom. The van der Waals surface area contributed by atoms with Gasteiger partial charge in [-0.05, 0) is 47.6 Å². The Kier molecular flexibility index (Phi) is 5.08. The van der Waals surface area contributed by atoms with Crippen LogP contribution in [0.4, 0.5) is 0 Å². The molecule has 0 N–H and O–H groups in total. The van der Waals surface area contributed by atoms with Crippen LogP contribution in [0.15, 0.2) is 29.2 Å². The van der Waals surface area contributed by atoms with E-state index in [2.05, 4.69) is 50.7 Å². The Hall–Kier alpha value is -0.0800. The molecule has 1 aliphatic carbocycles. The third-order valence-electron chi connectivity index (χ3n) is 4.09. The molecule has 0 unspecified atom stereocenters. The average molecular weight is 281 g/mol. The lowest BCUT2D eigenvalue weighted by atomic mass is 9.91. The fourth-order valence-electron chi connectivity index (χ4n) is 2.66. The quantitative estimate of drug-likeness (QED) is 0.557. The zero-order valence-corrected chi connectivity index (χ0v) is 13.2. The van der Waals surface area contributed by atoms with Crippen LogP contribution in [0.2, 0.25) is 0 Å². The second-order valence-corrected chi connectivity index (χ2v) is 7.24. The lowest BCUT2D eigenvalue weighted by Crippen LogP contribution is -2.21. The van der Waals surface area contributed by atoms with Gasteiger partial charge >= 0.3 is 0 Å². The molecule has 0 aromatic heterocycles. The van der Waals surface area contributed by atoms with Crippen molar-refractivity contribution in [2.75, 3.05) is 11.5 Å². The molecular formula is C16H24S2. The number of thiol groups is 1. The van der Waals surface area contributed by atoms with Crippen LogP contribution in [0.5, 0.6) is 0 Å². The average Bonchev–Trinajstić information content (AvgIpc) is 2.86. The van der Waals surface area contributed by atoms with Gasteiger partial charge in [0.15, 0.2) is 0 Å². The maximum absolute atomic E-state index is 4.58. The van der Waals surface area contributed by atoms with E-state index in [1.54, 1.807) is 0 Å². The highest BCUT2D eigenvalue weighted by molar-refractivity contribution is 7.99. The highest BCUT2D eigenvalue weighted by atomic mass is 32.2. The molecule has 1 saturated carbocycles. The van der Waals surface area contributed by atoms with Crippen molar-refractivity contribution in [1.29, 1.82) is 0 Å². The Labute approximate surface area is 121 Å². The van der Waals surface area contributed by atoms with E-state index >= 15 is 0 Å². The number of hydrogen-bond acceptors (Lipinski definition) is 2. The number of thioether (sulfide) groups is 1. The molecule has 0 atom stereocenters. The van der Waals surface area contributed by atoms with Crippen LogP contribution >= 0.6 is 24.4 Å². The molecule has 0 heterocycles. The molecule has 2 heteroatoms. The number of benzene rings is 1. The van der Waals surface area contributed by atoms with Crippen molar-refractivity contribution in [1.82, 2.24) is 0 Å². The van der Waals surface area contributed by atoms with Gasteiger partial charge in [0.05, 0.1) is 0 Å². The van der Waals surface area contributed by atoms with Crippen molar-refractivity contribution in [3.63, 3.8) is 0 Å². The third-order valence-corrected chi connectivity index (χ3v) is 6.12. The molecule has 100 valence electrons. The van der Waals surface area contributed by atoms with Gasteiger partial charge in [-0.1, -0.05) is 38.8 Å². The minimum atomic E-state index is 0.504. The Bertz CT molecular complexity index is 361. The molecule has 0 spiro atoms. The summed E-state index contributed by atoms with van der Waals surface area (Å²) >= 11 is 6.59. The molecule has 0 nitrogen and oxygen atoms in total. The van der Waals surface area contributed by atoms with Crippen LogP contribution in [-0.2, 0) is 0 Å². The predicted molar refractivity (Wildman–Crippen MR) is 86.0 cm³/mol. The van der Waals surface area contributed by atoms with Crippen molar-refractivity contribution in [2.24, 2.45) is 5.41 Å². The van der Waals surface area contributed by atoms with E-state index in [0.29, 0.717) is 11.3 Å². The first-order chi connectivity index (χ1) is 8.65. The van der Waals surface area contributed by atoms with Gasteiger partial charge in [0, 0.05) is 10.6 Å².